The predicted molar refractivity (Wildman–Crippen MR) is 101 cm³/mol. The summed E-state index contributed by atoms with van der Waals surface area (Å²) in [7, 11) is 0. The fourth-order valence-electron chi connectivity index (χ4n) is 3.10. The van der Waals surface area contributed by atoms with Crippen LogP contribution in [0.25, 0.3) is 16.9 Å². The maximum absolute atomic E-state index is 14.3. The van der Waals surface area contributed by atoms with Crippen LogP contribution in [0.1, 0.15) is 32.1 Å². The Bertz CT molecular complexity index is 1070. The molecule has 0 saturated heterocycles. The number of aromatic nitrogens is 6. The minimum absolute atomic E-state index is 0.109. The zero-order valence-electron chi connectivity index (χ0n) is 15.2. The number of rotatable bonds is 6. The Morgan fingerprint density at radius 1 is 1.19 bits per heavy atom. The molecule has 4 rings (SSSR count). The first kappa shape index (κ1) is 17.1. The lowest BCUT2D eigenvalue weighted by Crippen LogP contribution is -2.17. The number of fused-ring (bicyclic) bond motifs is 1. The molecule has 0 aliphatic rings. The van der Waals surface area contributed by atoms with E-state index in [1.54, 1.807) is 47.4 Å². The average molecular weight is 365 g/mol. The Hall–Kier alpha value is -3.29. The van der Waals surface area contributed by atoms with Crippen LogP contribution >= 0.6 is 0 Å². The van der Waals surface area contributed by atoms with Crippen LogP contribution in [0.4, 0.5) is 10.2 Å². The lowest BCUT2D eigenvalue weighted by atomic mass is 10.1. The third-order valence-electron chi connectivity index (χ3n) is 4.34. The zero-order valence-corrected chi connectivity index (χ0v) is 15.2. The Morgan fingerprint density at radius 2 is 2.04 bits per heavy atom. The summed E-state index contributed by atoms with van der Waals surface area (Å²) in [6.45, 7) is 4.91. The van der Waals surface area contributed by atoms with Gasteiger partial charge in [-0.05, 0) is 25.5 Å². The van der Waals surface area contributed by atoms with E-state index in [4.69, 9.17) is 0 Å². The summed E-state index contributed by atoms with van der Waals surface area (Å²) < 4.78 is 17.8. The van der Waals surface area contributed by atoms with Crippen molar-refractivity contribution in [1.29, 1.82) is 0 Å². The third-order valence-corrected chi connectivity index (χ3v) is 4.34. The Morgan fingerprint density at radius 3 is 2.85 bits per heavy atom. The lowest BCUT2D eigenvalue weighted by Gasteiger charge is -2.17. The van der Waals surface area contributed by atoms with Gasteiger partial charge in [0.05, 0.1) is 17.9 Å². The topological polar surface area (TPSA) is 72.9 Å². The van der Waals surface area contributed by atoms with Gasteiger partial charge in [0.1, 0.15) is 23.8 Å². The highest BCUT2D eigenvalue weighted by Crippen LogP contribution is 2.26. The molecule has 3 aromatic heterocycles. The minimum Gasteiger partial charge on any atom is -0.360 e. The fraction of sp³-hybridized carbons (Fsp3) is 0.263. The normalized spacial score (nSPS) is 12.4. The second-order valence-corrected chi connectivity index (χ2v) is 6.32. The first-order valence-corrected chi connectivity index (χ1v) is 8.91. The van der Waals surface area contributed by atoms with Crippen molar-refractivity contribution in [3.63, 3.8) is 0 Å². The molecule has 0 fully saturated rings. The van der Waals surface area contributed by atoms with Crippen molar-refractivity contribution >= 4 is 11.5 Å². The van der Waals surface area contributed by atoms with E-state index in [0.717, 1.165) is 18.8 Å². The van der Waals surface area contributed by atoms with Crippen molar-refractivity contribution < 1.29 is 4.39 Å². The van der Waals surface area contributed by atoms with E-state index in [1.807, 2.05) is 11.6 Å². The number of benzene rings is 1. The van der Waals surface area contributed by atoms with E-state index in [9.17, 15) is 4.39 Å². The summed E-state index contributed by atoms with van der Waals surface area (Å²) in [6, 6.07) is 10.1. The summed E-state index contributed by atoms with van der Waals surface area (Å²) in [4.78, 5) is 8.91. The van der Waals surface area contributed by atoms with E-state index in [2.05, 4.69) is 32.4 Å². The summed E-state index contributed by atoms with van der Waals surface area (Å²) in [6.07, 6.45) is 4.20. The molecule has 3 heterocycles. The van der Waals surface area contributed by atoms with Crippen molar-refractivity contribution in [3.05, 3.63) is 60.6 Å². The monoisotopic (exact) mass is 365 g/mol. The number of nitrogens with zero attached hydrogens (tertiary/aromatic N) is 6. The first-order valence-electron chi connectivity index (χ1n) is 8.91. The SMILES string of the molecule is CCCn1ncnc1C(C)Nc1cc(-c2ccccc2F)nc2ccnn12. The summed E-state index contributed by atoms with van der Waals surface area (Å²) in [5.74, 6) is 1.23. The Labute approximate surface area is 155 Å². The third kappa shape index (κ3) is 3.25. The number of hydrogen-bond donors (Lipinski definition) is 1. The second kappa shape index (κ2) is 7.14. The molecular weight excluding hydrogens is 345 g/mol. The van der Waals surface area contributed by atoms with Crippen LogP contribution in [-0.4, -0.2) is 29.4 Å². The highest BCUT2D eigenvalue weighted by atomic mass is 19.1. The molecule has 27 heavy (non-hydrogen) atoms. The van der Waals surface area contributed by atoms with Crippen LogP contribution in [-0.2, 0) is 6.54 Å². The number of anilines is 1. The van der Waals surface area contributed by atoms with Gasteiger partial charge in [-0.2, -0.15) is 14.7 Å². The van der Waals surface area contributed by atoms with Crippen LogP contribution < -0.4 is 5.32 Å². The highest BCUT2D eigenvalue weighted by Gasteiger charge is 2.16. The molecular formula is C19H20FN7. The quantitative estimate of drug-likeness (QED) is 0.564. The number of nitrogens with one attached hydrogen (secondary N) is 1. The van der Waals surface area contributed by atoms with Gasteiger partial charge in [-0.15, -0.1) is 0 Å². The van der Waals surface area contributed by atoms with E-state index in [-0.39, 0.29) is 11.9 Å². The van der Waals surface area contributed by atoms with Gasteiger partial charge >= 0.3 is 0 Å². The molecule has 1 unspecified atom stereocenters. The molecule has 1 N–H and O–H groups in total. The molecule has 0 radical (unpaired) electrons. The molecule has 1 aromatic carbocycles. The van der Waals surface area contributed by atoms with Gasteiger partial charge in [0.15, 0.2) is 5.65 Å². The number of halogens is 1. The van der Waals surface area contributed by atoms with Crippen LogP contribution in [0.5, 0.6) is 0 Å². The molecule has 0 saturated carbocycles. The van der Waals surface area contributed by atoms with E-state index in [0.29, 0.717) is 22.7 Å². The Kier molecular flexibility index (Phi) is 4.53. The van der Waals surface area contributed by atoms with Crippen LogP contribution in [0.15, 0.2) is 48.9 Å². The van der Waals surface area contributed by atoms with Gasteiger partial charge in [0.2, 0.25) is 0 Å². The largest absolute Gasteiger partial charge is 0.360 e. The molecule has 8 heteroatoms. The average Bonchev–Trinajstić information content (AvgIpc) is 3.31. The second-order valence-electron chi connectivity index (χ2n) is 6.32. The van der Waals surface area contributed by atoms with Crippen molar-refractivity contribution in [2.75, 3.05) is 5.32 Å². The lowest BCUT2D eigenvalue weighted by molar-refractivity contribution is 0.553. The zero-order chi connectivity index (χ0) is 18.8. The van der Waals surface area contributed by atoms with Gasteiger partial charge in [-0.3, -0.25) is 0 Å². The smallest absolute Gasteiger partial charge is 0.157 e. The van der Waals surface area contributed by atoms with Crippen LogP contribution in [0.3, 0.4) is 0 Å². The van der Waals surface area contributed by atoms with E-state index >= 15 is 0 Å². The highest BCUT2D eigenvalue weighted by molar-refractivity contribution is 5.67. The van der Waals surface area contributed by atoms with Crippen molar-refractivity contribution in [2.45, 2.75) is 32.9 Å². The molecule has 0 amide bonds. The van der Waals surface area contributed by atoms with E-state index in [1.165, 1.54) is 6.07 Å². The minimum atomic E-state index is -0.310. The summed E-state index contributed by atoms with van der Waals surface area (Å²) >= 11 is 0. The number of aryl methyl sites for hydroxylation is 1. The molecule has 0 bridgehead atoms. The van der Waals surface area contributed by atoms with Gasteiger partial charge in [0.25, 0.3) is 0 Å². The molecule has 0 aliphatic carbocycles. The van der Waals surface area contributed by atoms with Crippen LogP contribution in [0.2, 0.25) is 0 Å². The maximum Gasteiger partial charge on any atom is 0.157 e. The van der Waals surface area contributed by atoms with Gasteiger partial charge < -0.3 is 5.32 Å². The summed E-state index contributed by atoms with van der Waals surface area (Å²) in [5.41, 5.74) is 1.64. The molecule has 1 atom stereocenters. The molecule has 0 spiro atoms. The standard InChI is InChI=1S/C19H20FN7/c1-3-10-26-19(21-12-23-26)13(2)24-18-11-16(14-6-4-5-7-15(14)20)25-17-8-9-22-27(17)18/h4-9,11-13,24H,3,10H2,1-2H3. The maximum atomic E-state index is 14.3. The molecule has 138 valence electrons. The molecule has 0 aliphatic heterocycles. The van der Waals surface area contributed by atoms with Crippen molar-refractivity contribution in [1.82, 2.24) is 29.4 Å². The van der Waals surface area contributed by atoms with Crippen molar-refractivity contribution in [2.24, 2.45) is 0 Å². The molecule has 7 nitrogen and oxygen atoms in total. The first-order chi connectivity index (χ1) is 13.2. The van der Waals surface area contributed by atoms with Gasteiger partial charge in [-0.25, -0.2) is 19.0 Å². The van der Waals surface area contributed by atoms with Crippen molar-refractivity contribution in [3.8, 4) is 11.3 Å². The summed E-state index contributed by atoms with van der Waals surface area (Å²) in [5, 5.41) is 12.0. The Balaban J connectivity index is 1.74. The van der Waals surface area contributed by atoms with Gasteiger partial charge in [-0.1, -0.05) is 19.1 Å². The van der Waals surface area contributed by atoms with Crippen LogP contribution in [0, 0.1) is 5.82 Å². The van der Waals surface area contributed by atoms with Gasteiger partial charge in [0, 0.05) is 24.2 Å². The molecule has 4 aromatic rings. The predicted octanol–water partition coefficient (Wildman–Crippen LogP) is 3.71. The van der Waals surface area contributed by atoms with E-state index < -0.39 is 0 Å². The fourth-order valence-corrected chi connectivity index (χ4v) is 3.10. The number of hydrogen-bond acceptors (Lipinski definition) is 5.